The number of aromatic hydroxyl groups is 1. The van der Waals surface area contributed by atoms with E-state index in [0.29, 0.717) is 17.7 Å². The molecule has 124 heavy (non-hydrogen) atoms. The smallest absolute Gasteiger partial charge is 0.303 e. The average molecular weight is 1750 g/mol. The van der Waals surface area contributed by atoms with E-state index in [4.69, 9.17) is 17.2 Å². The maximum Gasteiger partial charge on any atom is 0.303 e. The summed E-state index contributed by atoms with van der Waals surface area (Å²) in [6.45, 7) is 20.0. The zero-order valence-electron chi connectivity index (χ0n) is 72.3. The number of aromatic nitrogens is 4. The molecule has 27 N–H and O–H groups in total. The third-order valence-electron chi connectivity index (χ3n) is 19.1. The molecule has 0 spiro atoms. The first-order valence-corrected chi connectivity index (χ1v) is 40.8. The lowest BCUT2D eigenvalue weighted by atomic mass is 9.96. The first-order valence-electron chi connectivity index (χ1n) is 40.8. The molecular formula is C79H125N23O22. The third kappa shape index (κ3) is 39.0. The number of nitrogens with two attached hydrogens (primary N) is 3. The molecule has 0 aliphatic rings. The molecule has 2 heterocycles. The van der Waals surface area contributed by atoms with Gasteiger partial charge in [-0.3, -0.25) is 91.1 Å². The summed E-state index contributed by atoms with van der Waals surface area (Å²) < 4.78 is 0. The van der Waals surface area contributed by atoms with Gasteiger partial charge in [0.15, 0.2) is 0 Å². The Balaban J connectivity index is 1.65. The molecule has 45 heteroatoms. The Labute approximate surface area is 717 Å². The number of primary amides is 2. The van der Waals surface area contributed by atoms with Crippen LogP contribution >= 0.6 is 0 Å². The molecule has 0 fully saturated rings. The van der Waals surface area contributed by atoms with Crippen molar-refractivity contribution in [3.63, 3.8) is 0 Å². The Bertz CT molecular complexity index is 4130. The summed E-state index contributed by atoms with van der Waals surface area (Å²) in [4.78, 5) is 268. The van der Waals surface area contributed by atoms with Crippen molar-refractivity contribution < 1.29 is 106 Å². The number of hydrogen-bond acceptors (Lipinski definition) is 24. The zero-order chi connectivity index (χ0) is 93.5. The lowest BCUT2D eigenvalue weighted by Gasteiger charge is -2.29. The molecule has 0 saturated heterocycles. The van der Waals surface area contributed by atoms with Gasteiger partial charge in [0.2, 0.25) is 106 Å². The van der Waals surface area contributed by atoms with E-state index in [1.807, 2.05) is 0 Å². The van der Waals surface area contributed by atoms with Crippen LogP contribution in [0.4, 0.5) is 0 Å². The molecule has 1 aromatic carbocycles. The van der Waals surface area contributed by atoms with Gasteiger partial charge >= 0.3 is 5.97 Å². The first kappa shape index (κ1) is 105. The minimum absolute atomic E-state index is 0.00720. The van der Waals surface area contributed by atoms with Gasteiger partial charge in [-0.1, -0.05) is 87.8 Å². The lowest BCUT2D eigenvalue weighted by molar-refractivity contribution is -0.138. The molecule has 0 aliphatic carbocycles. The molecule has 18 amide bonds. The number of H-pyrrole nitrogens is 2. The van der Waals surface area contributed by atoms with Crippen LogP contribution in [0.3, 0.4) is 0 Å². The third-order valence-corrected chi connectivity index (χ3v) is 19.1. The van der Waals surface area contributed by atoms with Crippen LogP contribution < -0.4 is 102 Å². The molecular weight excluding hydrogens is 1620 g/mol. The predicted molar refractivity (Wildman–Crippen MR) is 444 cm³/mol. The van der Waals surface area contributed by atoms with Gasteiger partial charge < -0.3 is 128 Å². The summed E-state index contributed by atoms with van der Waals surface area (Å²) in [6.07, 6.45) is 1.84. The van der Waals surface area contributed by atoms with Crippen molar-refractivity contribution in [1.29, 1.82) is 0 Å². The highest BCUT2D eigenvalue weighted by molar-refractivity contribution is 6.01. The number of aliphatic hydroxyl groups excluding tert-OH is 1. The second kappa shape index (κ2) is 52.6. The highest BCUT2D eigenvalue weighted by Gasteiger charge is 2.39. The monoisotopic (exact) mass is 1750 g/mol. The fraction of sp³-hybridized carbons (Fsp3) is 0.608. The topological polar surface area (TPSA) is 713 Å². The zero-order valence-corrected chi connectivity index (χ0v) is 72.3. The number of phenolic OH excluding ortho intramolecular Hbond substituents is 1. The summed E-state index contributed by atoms with van der Waals surface area (Å²) in [7, 11) is 0. The van der Waals surface area contributed by atoms with Crippen LogP contribution in [-0.4, -0.2) is 258 Å². The number of carboxylic acids is 1. The quantitative estimate of drug-likeness (QED) is 0.0250. The summed E-state index contributed by atoms with van der Waals surface area (Å²) in [5, 5.41) is 68.9. The SMILES string of the molecule is CC[C@H](C)[C@H](NC(=O)CNC(=O)[C@H](C)NC(=O)[C@H](C)NC(=O)[C@H](Cc1cnc[nH]1)NC(=O)[C@H](CC(N)=O)NC(=O)CNC(=O)[C@H](C)NC(=O)CNC(=O)[C@H](Cc1cnc[nH]1)NC(=O)[C@@H](CC(C)C)NC(=O)[C@H](CC(C)C)NC(=O)[C@H](CCC(=O)O)NC(=O)[C@@H](N)Cc1ccc(O)cc1)C(=O)N[C@@H](CC(C)C)C(=O)N[C@H](C(=O)N[C@@H](CC(C)C)C(N)=O)[C@@H](C)O. The molecule has 3 rings (SSSR count). The van der Waals surface area contributed by atoms with E-state index in [1.165, 1.54) is 77.0 Å². The normalized spacial score (nSPS) is 15.1. The van der Waals surface area contributed by atoms with E-state index in [9.17, 15) is 106 Å². The van der Waals surface area contributed by atoms with Crippen LogP contribution in [0.15, 0.2) is 49.3 Å². The number of aliphatic hydroxyl groups is 1. The van der Waals surface area contributed by atoms with Crippen molar-refractivity contribution in [2.45, 2.75) is 258 Å². The minimum Gasteiger partial charge on any atom is -0.508 e. The van der Waals surface area contributed by atoms with E-state index in [0.717, 1.165) is 0 Å². The number of phenols is 1. The Morgan fingerprint density at radius 3 is 1.21 bits per heavy atom. The number of hydrogen-bond donors (Lipinski definition) is 24. The molecule has 0 aliphatic heterocycles. The molecule has 0 saturated carbocycles. The number of aliphatic carboxylic acids is 1. The standard InChI is InChI=1S/C79H125N23O22/c1-15-41(10)64(78(123)100-55(25-40(8)9)77(122)102-65(45(14)103)79(124)95-52(66(82)111)22-37(2)3)101-62(108)34-86-68(113)43(12)91-69(114)44(13)92-73(118)57(28-48-31-84-36-89-48)99-76(121)58(29-59(81)105)93-61(107)33-85-67(112)42(11)90-60(106)32-87-71(116)56(27-47-30-83-35-88-47)98-75(120)54(24-39(6)7)97-74(119)53(23-38(4)5)96-72(117)51(20-21-63(109)110)94-70(115)50(80)26-46-16-18-49(104)19-17-46/h16-19,30-31,35-45,50-58,64-65,103-104H,15,20-29,32-34,80H2,1-14H3,(H2,81,105)(H2,82,111)(H,83,88)(H,84,89)(H,85,112)(H,86,113)(H,87,116)(H,90,106)(H,91,114)(H,92,118)(H,93,107)(H,94,115)(H,95,124)(H,96,117)(H,97,119)(H,98,120)(H,99,121)(H,100,123)(H,101,108)(H,102,122)(H,109,110)/t41-,42-,43-,44-,45+,50-,51-,52-,53-,54+,55-,56-,57-,58-,64-,65-/m0/s1. The van der Waals surface area contributed by atoms with Crippen LogP contribution in [0.25, 0.3) is 0 Å². The molecule has 0 unspecified atom stereocenters. The van der Waals surface area contributed by atoms with Gasteiger partial charge in [0, 0.05) is 43.0 Å². The van der Waals surface area contributed by atoms with Crippen molar-refractivity contribution in [2.24, 2.45) is 46.8 Å². The van der Waals surface area contributed by atoms with Gasteiger partial charge in [0.1, 0.15) is 84.3 Å². The number of nitrogens with zero attached hydrogens (tertiary/aromatic N) is 2. The molecule has 3 aromatic rings. The fourth-order valence-electron chi connectivity index (χ4n) is 12.2. The second-order valence-electron chi connectivity index (χ2n) is 32.2. The number of imidazole rings is 2. The number of amides is 18. The molecule has 0 radical (unpaired) electrons. The van der Waals surface area contributed by atoms with Gasteiger partial charge in [-0.15, -0.1) is 0 Å². The summed E-state index contributed by atoms with van der Waals surface area (Å²) in [5.41, 5.74) is 18.3. The first-order chi connectivity index (χ1) is 58.1. The second-order valence-corrected chi connectivity index (χ2v) is 32.2. The van der Waals surface area contributed by atoms with Gasteiger partial charge in [0.05, 0.1) is 50.9 Å². The Morgan fingerprint density at radius 1 is 0.395 bits per heavy atom. The van der Waals surface area contributed by atoms with E-state index in [1.54, 1.807) is 69.2 Å². The van der Waals surface area contributed by atoms with E-state index in [2.05, 4.69) is 105 Å². The number of rotatable bonds is 55. The Kier molecular flexibility index (Phi) is 44.7. The lowest BCUT2D eigenvalue weighted by Crippen LogP contribution is -2.61. The van der Waals surface area contributed by atoms with Gasteiger partial charge in [-0.05, 0) is 114 Å². The fourth-order valence-corrected chi connectivity index (χ4v) is 12.2. The van der Waals surface area contributed by atoms with Crippen molar-refractivity contribution in [3.8, 4) is 5.75 Å². The number of aromatic amines is 2. The van der Waals surface area contributed by atoms with Crippen molar-refractivity contribution in [3.05, 3.63) is 66.3 Å². The van der Waals surface area contributed by atoms with Crippen LogP contribution in [0, 0.1) is 29.6 Å². The maximum atomic E-state index is 14.3. The van der Waals surface area contributed by atoms with Crippen molar-refractivity contribution in [1.82, 2.24) is 105 Å². The van der Waals surface area contributed by atoms with Crippen molar-refractivity contribution >= 4 is 112 Å². The number of nitrogens with one attached hydrogen (secondary N) is 18. The summed E-state index contributed by atoms with van der Waals surface area (Å²) in [5.74, 6) is -19.5. The Morgan fingerprint density at radius 2 is 0.766 bits per heavy atom. The summed E-state index contributed by atoms with van der Waals surface area (Å²) >= 11 is 0. The largest absolute Gasteiger partial charge is 0.508 e. The minimum atomic E-state index is -1.81. The van der Waals surface area contributed by atoms with Crippen LogP contribution in [-0.2, 0) is 110 Å². The maximum absolute atomic E-state index is 14.3. The Hall–Kier alpha value is -12.7. The van der Waals surface area contributed by atoms with E-state index < -0.39 is 248 Å². The molecule has 45 nitrogen and oxygen atoms in total. The number of benzene rings is 1. The predicted octanol–water partition coefficient (Wildman–Crippen LogP) is -6.26. The van der Waals surface area contributed by atoms with Gasteiger partial charge in [-0.25, -0.2) is 9.97 Å². The summed E-state index contributed by atoms with van der Waals surface area (Å²) in [6, 6.07) is -14.0. The van der Waals surface area contributed by atoms with Crippen LogP contribution in [0.2, 0.25) is 0 Å². The van der Waals surface area contributed by atoms with Crippen LogP contribution in [0.5, 0.6) is 5.75 Å². The van der Waals surface area contributed by atoms with Crippen molar-refractivity contribution in [2.75, 3.05) is 19.6 Å². The average Bonchev–Trinajstić information content (AvgIpc) is 1.27. The van der Waals surface area contributed by atoms with Gasteiger partial charge in [-0.2, -0.15) is 0 Å². The van der Waals surface area contributed by atoms with E-state index in [-0.39, 0.29) is 80.1 Å². The molecule has 688 valence electrons. The molecule has 16 atom stereocenters. The number of carboxylic acid groups (broad SMARTS) is 1. The number of carbonyl (C=O) groups is 19. The highest BCUT2D eigenvalue weighted by Crippen LogP contribution is 2.17. The van der Waals surface area contributed by atoms with E-state index >= 15 is 0 Å². The molecule has 0 bridgehead atoms. The van der Waals surface area contributed by atoms with Gasteiger partial charge in [0.25, 0.3) is 0 Å². The molecule has 2 aromatic heterocycles. The highest BCUT2D eigenvalue weighted by atomic mass is 16.4. The van der Waals surface area contributed by atoms with Crippen LogP contribution in [0.1, 0.15) is 165 Å². The number of carbonyl (C=O) groups excluding carboxylic acids is 18.